The summed E-state index contributed by atoms with van der Waals surface area (Å²) in [5, 5.41) is 3.38. The minimum Gasteiger partial charge on any atom is -0.327 e. The molecule has 1 saturated heterocycles. The summed E-state index contributed by atoms with van der Waals surface area (Å²) in [6.07, 6.45) is 0. The van der Waals surface area contributed by atoms with Crippen LogP contribution in [0.5, 0.6) is 0 Å². The Morgan fingerprint density at radius 2 is 1.90 bits per heavy atom. The van der Waals surface area contributed by atoms with Gasteiger partial charge in [0, 0.05) is 38.4 Å². The molecule has 1 aliphatic heterocycles. The molecule has 0 radical (unpaired) electrons. The molecule has 0 saturated carbocycles. The number of likely N-dealkylation sites (N-methyl/N-ethyl adjacent to an activating group) is 1. The van der Waals surface area contributed by atoms with Gasteiger partial charge in [0.15, 0.2) is 0 Å². The number of hydrogen-bond acceptors (Lipinski definition) is 4. The molecule has 1 amide bonds. The number of aryl methyl sites for hydroxylation is 1. The number of fused-ring (bicyclic) bond motifs is 1. The molecule has 7 heteroatoms. The molecule has 6 nitrogen and oxygen atoms in total. The molecule has 1 aromatic heterocycles. The van der Waals surface area contributed by atoms with Crippen molar-refractivity contribution in [2.24, 2.45) is 0 Å². The molecule has 1 N–H and O–H groups in total. The summed E-state index contributed by atoms with van der Waals surface area (Å²) >= 11 is 6.14. The summed E-state index contributed by atoms with van der Waals surface area (Å²) in [6, 6.07) is 12.9. The lowest BCUT2D eigenvalue weighted by atomic mass is 10.2. The van der Waals surface area contributed by atoms with Crippen LogP contribution in [0, 0.1) is 0 Å². The van der Waals surface area contributed by atoms with E-state index in [0.29, 0.717) is 16.3 Å². The van der Waals surface area contributed by atoms with Gasteiger partial charge in [0.1, 0.15) is 5.82 Å². The number of nitrogens with one attached hydrogen (secondary N) is 1. The van der Waals surface area contributed by atoms with E-state index in [2.05, 4.69) is 33.7 Å². The van der Waals surface area contributed by atoms with Crippen molar-refractivity contribution < 1.29 is 4.79 Å². The third-order valence-electron chi connectivity index (χ3n) is 5.48. The molecule has 2 heterocycles. The van der Waals surface area contributed by atoms with Crippen LogP contribution >= 0.6 is 11.6 Å². The fraction of sp³-hybridized carbons (Fsp3) is 0.364. The number of piperazine rings is 1. The van der Waals surface area contributed by atoms with Crippen molar-refractivity contribution in [2.75, 3.05) is 38.5 Å². The molecule has 0 spiro atoms. The fourth-order valence-corrected chi connectivity index (χ4v) is 4.00. The Balaban J connectivity index is 1.56. The standard InChI is InChI=1S/C22H26ClN5O/c1-3-28-20-9-8-16(24-22(29)17-6-4-5-7-18(17)23)14-19(20)25-21(28)15-27-12-10-26(2)11-13-27/h4-9,14H,3,10-13,15H2,1-2H3,(H,24,29). The number of aromatic nitrogens is 2. The summed E-state index contributed by atoms with van der Waals surface area (Å²) in [7, 11) is 2.16. The monoisotopic (exact) mass is 411 g/mol. The highest BCUT2D eigenvalue weighted by Gasteiger charge is 2.18. The quantitative estimate of drug-likeness (QED) is 0.695. The minimum atomic E-state index is -0.220. The predicted octanol–water partition coefficient (Wildman–Crippen LogP) is 3.71. The summed E-state index contributed by atoms with van der Waals surface area (Å²) in [5.74, 6) is 0.851. The van der Waals surface area contributed by atoms with Gasteiger partial charge in [-0.2, -0.15) is 0 Å². The lowest BCUT2D eigenvalue weighted by molar-refractivity contribution is 0.102. The van der Waals surface area contributed by atoms with Gasteiger partial charge in [-0.15, -0.1) is 0 Å². The maximum absolute atomic E-state index is 12.6. The van der Waals surface area contributed by atoms with Crippen LogP contribution in [-0.2, 0) is 13.1 Å². The van der Waals surface area contributed by atoms with Crippen molar-refractivity contribution in [1.82, 2.24) is 19.4 Å². The molecule has 0 atom stereocenters. The van der Waals surface area contributed by atoms with E-state index in [-0.39, 0.29) is 5.91 Å². The highest BCUT2D eigenvalue weighted by Crippen LogP contribution is 2.23. The Kier molecular flexibility index (Phi) is 5.85. The van der Waals surface area contributed by atoms with Crippen LogP contribution in [0.15, 0.2) is 42.5 Å². The lowest BCUT2D eigenvalue weighted by Crippen LogP contribution is -2.44. The van der Waals surface area contributed by atoms with E-state index in [9.17, 15) is 4.79 Å². The van der Waals surface area contributed by atoms with E-state index in [0.717, 1.165) is 56.1 Å². The van der Waals surface area contributed by atoms with Gasteiger partial charge < -0.3 is 14.8 Å². The first-order valence-corrected chi connectivity index (χ1v) is 10.4. The molecule has 0 aliphatic carbocycles. The maximum Gasteiger partial charge on any atom is 0.257 e. The Hall–Kier alpha value is -2.41. The van der Waals surface area contributed by atoms with Crippen LogP contribution in [0.2, 0.25) is 5.02 Å². The molecular weight excluding hydrogens is 386 g/mol. The molecule has 0 bridgehead atoms. The van der Waals surface area contributed by atoms with Gasteiger partial charge in [0.05, 0.1) is 28.2 Å². The topological polar surface area (TPSA) is 53.4 Å². The van der Waals surface area contributed by atoms with Gasteiger partial charge in [0.25, 0.3) is 5.91 Å². The summed E-state index contributed by atoms with van der Waals surface area (Å²) < 4.78 is 2.26. The Bertz CT molecular complexity index is 1020. The number of imidazole rings is 1. The van der Waals surface area contributed by atoms with E-state index in [1.54, 1.807) is 18.2 Å². The van der Waals surface area contributed by atoms with E-state index in [1.165, 1.54) is 0 Å². The highest BCUT2D eigenvalue weighted by molar-refractivity contribution is 6.34. The average molecular weight is 412 g/mol. The second kappa shape index (κ2) is 8.53. The average Bonchev–Trinajstić information content (AvgIpc) is 3.06. The third kappa shape index (κ3) is 4.29. The van der Waals surface area contributed by atoms with Crippen molar-refractivity contribution in [3.05, 3.63) is 58.9 Å². The van der Waals surface area contributed by atoms with Crippen LogP contribution in [-0.4, -0.2) is 58.5 Å². The maximum atomic E-state index is 12.6. The van der Waals surface area contributed by atoms with Crippen molar-refractivity contribution in [3.63, 3.8) is 0 Å². The smallest absolute Gasteiger partial charge is 0.257 e. The lowest BCUT2D eigenvalue weighted by Gasteiger charge is -2.32. The number of benzene rings is 2. The number of carbonyl (C=O) groups is 1. The second-order valence-electron chi connectivity index (χ2n) is 7.49. The van der Waals surface area contributed by atoms with Crippen LogP contribution in [0.3, 0.4) is 0 Å². The summed E-state index contributed by atoms with van der Waals surface area (Å²) in [6.45, 7) is 8.14. The molecule has 1 fully saturated rings. The molecule has 2 aromatic carbocycles. The van der Waals surface area contributed by atoms with Crippen molar-refractivity contribution in [1.29, 1.82) is 0 Å². The minimum absolute atomic E-state index is 0.220. The first kappa shape index (κ1) is 19.9. The van der Waals surface area contributed by atoms with Crippen LogP contribution in [0.4, 0.5) is 5.69 Å². The number of hydrogen-bond donors (Lipinski definition) is 1. The van der Waals surface area contributed by atoms with E-state index >= 15 is 0 Å². The van der Waals surface area contributed by atoms with Crippen LogP contribution in [0.1, 0.15) is 23.1 Å². The summed E-state index contributed by atoms with van der Waals surface area (Å²) in [5.41, 5.74) is 3.17. The molecule has 152 valence electrons. The zero-order valence-corrected chi connectivity index (χ0v) is 17.6. The van der Waals surface area contributed by atoms with Gasteiger partial charge >= 0.3 is 0 Å². The second-order valence-corrected chi connectivity index (χ2v) is 7.90. The Morgan fingerprint density at radius 1 is 1.14 bits per heavy atom. The van der Waals surface area contributed by atoms with Gasteiger partial charge in [-0.05, 0) is 44.3 Å². The largest absolute Gasteiger partial charge is 0.327 e. The first-order chi connectivity index (χ1) is 14.0. The molecule has 0 unspecified atom stereocenters. The summed E-state index contributed by atoms with van der Waals surface area (Å²) in [4.78, 5) is 22.2. The Labute approximate surface area is 176 Å². The normalized spacial score (nSPS) is 15.7. The zero-order valence-electron chi connectivity index (χ0n) is 16.9. The molecule has 4 rings (SSSR count). The molecule has 29 heavy (non-hydrogen) atoms. The number of halogens is 1. The van der Waals surface area contributed by atoms with Crippen molar-refractivity contribution >= 4 is 34.2 Å². The van der Waals surface area contributed by atoms with E-state index in [1.807, 2.05) is 24.3 Å². The predicted molar refractivity (Wildman–Crippen MR) is 118 cm³/mol. The number of nitrogens with zero attached hydrogens (tertiary/aromatic N) is 4. The van der Waals surface area contributed by atoms with E-state index < -0.39 is 0 Å². The number of amides is 1. The number of anilines is 1. The van der Waals surface area contributed by atoms with Gasteiger partial charge in [-0.3, -0.25) is 9.69 Å². The van der Waals surface area contributed by atoms with Crippen molar-refractivity contribution in [3.8, 4) is 0 Å². The highest BCUT2D eigenvalue weighted by atomic mass is 35.5. The Morgan fingerprint density at radius 3 is 2.62 bits per heavy atom. The van der Waals surface area contributed by atoms with Crippen LogP contribution in [0.25, 0.3) is 11.0 Å². The zero-order chi connectivity index (χ0) is 20.4. The first-order valence-electron chi connectivity index (χ1n) is 10.0. The van der Waals surface area contributed by atoms with Crippen molar-refractivity contribution in [2.45, 2.75) is 20.0 Å². The molecular formula is C22H26ClN5O. The van der Waals surface area contributed by atoms with Gasteiger partial charge in [-0.1, -0.05) is 23.7 Å². The van der Waals surface area contributed by atoms with Gasteiger partial charge in [0.2, 0.25) is 0 Å². The third-order valence-corrected chi connectivity index (χ3v) is 5.81. The number of rotatable bonds is 5. The van der Waals surface area contributed by atoms with Gasteiger partial charge in [-0.25, -0.2) is 4.98 Å². The fourth-order valence-electron chi connectivity index (χ4n) is 3.78. The SMILES string of the molecule is CCn1c(CN2CCN(C)CC2)nc2cc(NC(=O)c3ccccc3Cl)ccc21. The van der Waals surface area contributed by atoms with Crippen LogP contribution < -0.4 is 5.32 Å². The van der Waals surface area contributed by atoms with E-state index in [4.69, 9.17) is 16.6 Å². The number of carbonyl (C=O) groups excluding carboxylic acids is 1. The molecule has 1 aliphatic rings. The molecule has 3 aromatic rings.